The Balaban J connectivity index is 1.76. The Morgan fingerprint density at radius 1 is 1.28 bits per heavy atom. The maximum atomic E-state index is 11.0. The summed E-state index contributed by atoms with van der Waals surface area (Å²) in [6.45, 7) is -0.584. The lowest BCUT2D eigenvalue weighted by Crippen LogP contribution is -2.62. The summed E-state index contributed by atoms with van der Waals surface area (Å²) >= 11 is 0. The second kappa shape index (κ2) is 7.03. The van der Waals surface area contributed by atoms with Crippen LogP contribution in [0, 0.1) is 0 Å². The summed E-state index contributed by atoms with van der Waals surface area (Å²) in [7, 11) is -4.66. The van der Waals surface area contributed by atoms with Crippen LogP contribution in [0.5, 0.6) is 0 Å². The van der Waals surface area contributed by atoms with Gasteiger partial charge in [-0.2, -0.15) is 13.1 Å². The molecule has 25 heavy (non-hydrogen) atoms. The van der Waals surface area contributed by atoms with Gasteiger partial charge in [-0.1, -0.05) is 0 Å². The van der Waals surface area contributed by atoms with E-state index in [9.17, 15) is 23.7 Å². The second-order valence-corrected chi connectivity index (χ2v) is 7.03. The number of fused-ring (bicyclic) bond motifs is 2. The van der Waals surface area contributed by atoms with Crippen molar-refractivity contribution in [2.75, 3.05) is 13.2 Å². The topological polar surface area (TPSA) is 184 Å². The summed E-state index contributed by atoms with van der Waals surface area (Å²) in [6.07, 6.45) is -7.87. The van der Waals surface area contributed by atoms with Gasteiger partial charge in [0.25, 0.3) is 0 Å². The highest BCUT2D eigenvalue weighted by Crippen LogP contribution is 2.32. The molecule has 12 nitrogen and oxygen atoms in total. The fraction of sp³-hybridized carbons (Fsp3) is 0.833. The van der Waals surface area contributed by atoms with Gasteiger partial charge in [0.2, 0.25) is 6.29 Å². The van der Waals surface area contributed by atoms with Gasteiger partial charge in [-0.05, 0) is 6.08 Å². The number of rotatable bonds is 5. The lowest BCUT2D eigenvalue weighted by molar-refractivity contribution is -0.275. The first-order valence-corrected chi connectivity index (χ1v) is 8.83. The molecule has 8 atom stereocenters. The van der Waals surface area contributed by atoms with Gasteiger partial charge in [0, 0.05) is 0 Å². The number of hydrogen-bond acceptors (Lipinski definition) is 10. The van der Waals surface area contributed by atoms with Gasteiger partial charge in [0.1, 0.15) is 48.9 Å². The number of ether oxygens (including phenoxy) is 4. The van der Waals surface area contributed by atoms with E-state index in [1.165, 1.54) is 0 Å². The summed E-state index contributed by atoms with van der Waals surface area (Å²) in [4.78, 5) is 0. The molecule has 13 heteroatoms. The molecule has 3 aliphatic rings. The molecule has 6 N–H and O–H groups in total. The van der Waals surface area contributed by atoms with E-state index in [0.717, 1.165) is 6.08 Å². The molecule has 3 heterocycles. The van der Waals surface area contributed by atoms with E-state index in [-0.39, 0.29) is 12.4 Å². The second-order valence-electron chi connectivity index (χ2n) is 5.84. The molecule has 0 aromatic rings. The van der Waals surface area contributed by atoms with Crippen LogP contribution in [0.1, 0.15) is 0 Å². The molecule has 2 bridgehead atoms. The van der Waals surface area contributed by atoms with Crippen molar-refractivity contribution in [3.05, 3.63) is 11.8 Å². The minimum atomic E-state index is -4.66. The van der Waals surface area contributed by atoms with Crippen LogP contribution >= 0.6 is 0 Å². The Bertz CT molecular complexity index is 625. The zero-order valence-corrected chi connectivity index (χ0v) is 13.5. The predicted molar refractivity (Wildman–Crippen MR) is 76.0 cm³/mol. The highest BCUT2D eigenvalue weighted by molar-refractivity contribution is 7.83. The highest BCUT2D eigenvalue weighted by atomic mass is 32.2. The van der Waals surface area contributed by atoms with Gasteiger partial charge in [-0.25, -0.2) is 0 Å². The first kappa shape index (κ1) is 18.9. The van der Waals surface area contributed by atoms with Gasteiger partial charge < -0.3 is 39.4 Å². The third-order valence-corrected chi connectivity index (χ3v) is 4.65. The Labute approximate surface area is 142 Å². The third kappa shape index (κ3) is 3.95. The lowest BCUT2D eigenvalue weighted by atomic mass is 9.99. The molecule has 0 saturated carbocycles. The smallest absolute Gasteiger partial charge is 0.333 e. The highest BCUT2D eigenvalue weighted by Gasteiger charge is 2.53. The van der Waals surface area contributed by atoms with Crippen molar-refractivity contribution in [3.8, 4) is 0 Å². The van der Waals surface area contributed by atoms with Crippen LogP contribution in [0.2, 0.25) is 0 Å². The van der Waals surface area contributed by atoms with Crippen molar-refractivity contribution < 1.29 is 52.3 Å². The first-order valence-electron chi connectivity index (χ1n) is 7.39. The fourth-order valence-corrected chi connectivity index (χ4v) is 3.51. The monoisotopic (exact) mass is 385 g/mol. The maximum Gasteiger partial charge on any atom is 0.333 e. The van der Waals surface area contributed by atoms with Crippen LogP contribution in [-0.4, -0.2) is 95.8 Å². The Morgan fingerprint density at radius 2 is 2.00 bits per heavy atom. The van der Waals surface area contributed by atoms with Gasteiger partial charge in [0.05, 0.1) is 6.61 Å². The van der Waals surface area contributed by atoms with Crippen LogP contribution in [0.4, 0.5) is 0 Å². The fourth-order valence-electron chi connectivity index (χ4n) is 2.91. The molecule has 2 fully saturated rings. The SMILES string of the molecule is O=S(=O)(O)N[C@H]1[C@@H]2OC[C@@H](O2)[C@@H](O[C@@H]2OC(CO)=C[C@H](O)[C@H]2O)[C@@H]1O. The molecule has 0 aliphatic carbocycles. The van der Waals surface area contributed by atoms with Crippen molar-refractivity contribution in [1.29, 1.82) is 0 Å². The van der Waals surface area contributed by atoms with Crippen molar-refractivity contribution in [1.82, 2.24) is 4.72 Å². The molecule has 3 aliphatic heterocycles. The van der Waals surface area contributed by atoms with E-state index in [4.69, 9.17) is 28.6 Å². The van der Waals surface area contributed by atoms with E-state index in [2.05, 4.69) is 0 Å². The van der Waals surface area contributed by atoms with Gasteiger partial charge >= 0.3 is 10.3 Å². The molecule has 144 valence electrons. The average molecular weight is 385 g/mol. The van der Waals surface area contributed by atoms with Crippen LogP contribution in [0.3, 0.4) is 0 Å². The van der Waals surface area contributed by atoms with Crippen LogP contribution in [0.15, 0.2) is 11.8 Å². The van der Waals surface area contributed by atoms with Crippen LogP contribution < -0.4 is 4.72 Å². The molecule has 0 aromatic heterocycles. The number of aliphatic hydroxyl groups is 4. The number of aliphatic hydroxyl groups excluding tert-OH is 4. The van der Waals surface area contributed by atoms with Gasteiger partial charge in [0.15, 0.2) is 6.29 Å². The van der Waals surface area contributed by atoms with E-state index in [0.29, 0.717) is 0 Å². The molecular weight excluding hydrogens is 366 g/mol. The van der Waals surface area contributed by atoms with E-state index in [1.54, 1.807) is 4.72 Å². The quantitative estimate of drug-likeness (QED) is 0.255. The standard InChI is InChI=1S/C12H19NO11S/c14-2-4-1-5(15)8(16)12(22-4)24-10-6-3-21-11(23-6)7(9(10)17)13-25(18,19)20/h1,5-17H,2-3H2,(H,18,19,20)/t5-,6+,7+,8+,9+,10+,11+,12-/m0/s1. The van der Waals surface area contributed by atoms with Crippen molar-refractivity contribution in [2.45, 2.75) is 49.1 Å². The van der Waals surface area contributed by atoms with Crippen molar-refractivity contribution in [2.24, 2.45) is 0 Å². The molecule has 0 radical (unpaired) electrons. The normalized spacial score (nSPS) is 44.3. The minimum Gasteiger partial charge on any atom is -0.464 e. The maximum absolute atomic E-state index is 11.0. The van der Waals surface area contributed by atoms with Gasteiger partial charge in [-0.15, -0.1) is 0 Å². The zero-order valence-electron chi connectivity index (χ0n) is 12.7. The number of hydrogen-bond donors (Lipinski definition) is 6. The molecule has 0 aromatic carbocycles. The van der Waals surface area contributed by atoms with Crippen LogP contribution in [-0.2, 0) is 29.3 Å². The Kier molecular flexibility index (Phi) is 5.32. The van der Waals surface area contributed by atoms with Crippen molar-refractivity contribution in [3.63, 3.8) is 0 Å². The zero-order chi connectivity index (χ0) is 18.4. The van der Waals surface area contributed by atoms with E-state index >= 15 is 0 Å². The molecular formula is C12H19NO11S. The average Bonchev–Trinajstić information content (AvgIpc) is 2.97. The summed E-state index contributed by atoms with van der Waals surface area (Å²) in [5.41, 5.74) is 0. The molecule has 2 saturated heterocycles. The third-order valence-electron chi connectivity index (χ3n) is 4.08. The summed E-state index contributed by atoms with van der Waals surface area (Å²) in [6, 6.07) is -1.36. The Hall–Kier alpha value is -0.870. The molecule has 0 amide bonds. The Morgan fingerprint density at radius 3 is 2.64 bits per heavy atom. The van der Waals surface area contributed by atoms with Crippen LogP contribution in [0.25, 0.3) is 0 Å². The van der Waals surface area contributed by atoms with Gasteiger partial charge in [-0.3, -0.25) is 4.55 Å². The number of nitrogens with one attached hydrogen (secondary N) is 1. The predicted octanol–water partition coefficient (Wildman–Crippen LogP) is -3.80. The van der Waals surface area contributed by atoms with E-state index in [1.807, 2.05) is 0 Å². The van der Waals surface area contributed by atoms with Crippen molar-refractivity contribution >= 4 is 10.3 Å². The largest absolute Gasteiger partial charge is 0.464 e. The molecule has 0 unspecified atom stereocenters. The summed E-state index contributed by atoms with van der Waals surface area (Å²) in [5.74, 6) is -0.0397. The minimum absolute atomic E-state index is 0.0376. The molecule has 3 rings (SSSR count). The summed E-state index contributed by atoms with van der Waals surface area (Å²) in [5, 5.41) is 39.2. The summed E-state index contributed by atoms with van der Waals surface area (Å²) < 4.78 is 54.1. The van der Waals surface area contributed by atoms with E-state index < -0.39 is 66.1 Å². The first-order chi connectivity index (χ1) is 11.7. The lowest BCUT2D eigenvalue weighted by Gasteiger charge is -2.41. The molecule has 0 spiro atoms.